The summed E-state index contributed by atoms with van der Waals surface area (Å²) in [5, 5.41) is 9.91. The van der Waals surface area contributed by atoms with Crippen LogP contribution >= 0.6 is 12.4 Å². The number of nitrogens with zero attached hydrogens (tertiary/aromatic N) is 3. The second-order valence-corrected chi connectivity index (χ2v) is 12.9. The quantitative estimate of drug-likeness (QED) is 0.163. The van der Waals surface area contributed by atoms with Crippen LogP contribution in [-0.4, -0.2) is 67.3 Å². The van der Waals surface area contributed by atoms with Crippen molar-refractivity contribution in [1.82, 2.24) is 8.87 Å². The Kier molecular flexibility index (Phi) is 8.48. The molecule has 40 heavy (non-hydrogen) atoms. The van der Waals surface area contributed by atoms with Gasteiger partial charge in [-0.1, -0.05) is 6.07 Å². The number of hydrogen-bond acceptors (Lipinski definition) is 10. The normalized spacial score (nSPS) is 25.5. The van der Waals surface area contributed by atoms with Crippen molar-refractivity contribution in [2.45, 2.75) is 56.7 Å². The Morgan fingerprint density at radius 3 is 2.62 bits per heavy atom. The van der Waals surface area contributed by atoms with Crippen LogP contribution in [0.25, 0.3) is 10.8 Å². The molecule has 220 valence electrons. The van der Waals surface area contributed by atoms with Gasteiger partial charge >= 0.3 is 5.97 Å². The van der Waals surface area contributed by atoms with Crippen molar-refractivity contribution >= 4 is 39.2 Å². The first-order valence-electron chi connectivity index (χ1n) is 12.9. The molecule has 1 aromatic carbocycles. The van der Waals surface area contributed by atoms with Gasteiger partial charge in [0.15, 0.2) is 6.73 Å². The van der Waals surface area contributed by atoms with E-state index in [2.05, 4.69) is 4.84 Å². The van der Waals surface area contributed by atoms with Crippen molar-refractivity contribution in [2.24, 2.45) is 16.6 Å². The highest BCUT2D eigenvalue weighted by atomic mass is 35.5. The van der Waals surface area contributed by atoms with E-state index in [1.54, 1.807) is 19.1 Å². The number of pyridine rings is 1. The van der Waals surface area contributed by atoms with Crippen LogP contribution in [0.3, 0.4) is 0 Å². The molecule has 1 saturated heterocycles. The van der Waals surface area contributed by atoms with Crippen molar-refractivity contribution in [3.05, 3.63) is 50.4 Å². The highest BCUT2D eigenvalue weighted by Crippen LogP contribution is 2.73. The summed E-state index contributed by atoms with van der Waals surface area (Å²) in [6, 6.07) is 4.41. The van der Waals surface area contributed by atoms with Gasteiger partial charge in [-0.05, 0) is 62.1 Å². The molecule has 2 bridgehead atoms. The molecule has 2 aromatic rings. The van der Waals surface area contributed by atoms with Gasteiger partial charge in [-0.15, -0.1) is 22.5 Å². The number of sulfonamides is 1. The second kappa shape index (κ2) is 11.2. The lowest BCUT2D eigenvalue weighted by Crippen LogP contribution is -2.67. The van der Waals surface area contributed by atoms with Gasteiger partial charge in [0, 0.05) is 42.7 Å². The molecule has 1 aliphatic heterocycles. The number of halogens is 1. The van der Waals surface area contributed by atoms with Gasteiger partial charge in [-0.3, -0.25) is 14.2 Å². The van der Waals surface area contributed by atoms with Crippen molar-refractivity contribution in [2.75, 3.05) is 32.9 Å². The van der Waals surface area contributed by atoms with Crippen LogP contribution in [0.1, 0.15) is 37.7 Å². The Hall–Kier alpha value is -2.78. The third kappa shape index (κ3) is 5.42. The summed E-state index contributed by atoms with van der Waals surface area (Å²) in [6.45, 7) is 2.81. The average molecular weight is 601 g/mol. The van der Waals surface area contributed by atoms with Crippen molar-refractivity contribution in [3.63, 3.8) is 0 Å². The molecule has 0 unspecified atom stereocenters. The van der Waals surface area contributed by atoms with Crippen LogP contribution in [0.2, 0.25) is 0 Å². The van der Waals surface area contributed by atoms with Gasteiger partial charge in [0.05, 0.1) is 23.5 Å². The van der Waals surface area contributed by atoms with Crippen molar-refractivity contribution in [3.8, 4) is 0 Å². The van der Waals surface area contributed by atoms with E-state index in [1.165, 1.54) is 21.1 Å². The fourth-order valence-corrected chi connectivity index (χ4v) is 8.08. The van der Waals surface area contributed by atoms with Crippen LogP contribution in [0.4, 0.5) is 0 Å². The lowest BCUT2D eigenvalue weighted by atomic mass is 9.35. The lowest BCUT2D eigenvalue weighted by Gasteiger charge is -2.68. The van der Waals surface area contributed by atoms with E-state index in [0.717, 1.165) is 0 Å². The summed E-state index contributed by atoms with van der Waals surface area (Å²) >= 11 is 0. The molecule has 2 N–H and O–H groups in total. The van der Waals surface area contributed by atoms with E-state index in [1.807, 2.05) is 0 Å². The molecule has 4 aliphatic rings. The topological polar surface area (TPSA) is 173 Å². The molecule has 3 saturated carbocycles. The molecule has 0 spiro atoms. The third-order valence-corrected chi connectivity index (χ3v) is 9.92. The standard InChI is InChI=1S/C25H32N4O9S.ClH/c1-17-10-27(16-37-23(31)25-12-24(13-25,14-25)15-36-8-3-9-38-29(32)33)22(30)19-4-2-5-20(21(17)19)39(34,35)28-7-6-18(26)11-28;/h2,4-5,10,18H,3,6-9,11-16,26H2,1H3;1H/t18-,24?,25?;/m0./s1. The maximum absolute atomic E-state index is 13.3. The number of hydrogen-bond donors (Lipinski definition) is 1. The Morgan fingerprint density at radius 1 is 1.25 bits per heavy atom. The van der Waals surface area contributed by atoms with Gasteiger partial charge in [-0.2, -0.15) is 4.31 Å². The first-order valence-corrected chi connectivity index (χ1v) is 14.3. The predicted molar refractivity (Wildman–Crippen MR) is 145 cm³/mol. The minimum absolute atomic E-state index is 0. The summed E-state index contributed by atoms with van der Waals surface area (Å²) in [5.74, 6) is -0.366. The van der Waals surface area contributed by atoms with E-state index < -0.39 is 26.1 Å². The number of aromatic nitrogens is 1. The molecule has 4 fully saturated rings. The molecular weight excluding hydrogens is 568 g/mol. The largest absolute Gasteiger partial charge is 0.443 e. The number of carbonyl (C=O) groups is 1. The Morgan fingerprint density at radius 2 is 1.98 bits per heavy atom. The molecule has 0 radical (unpaired) electrons. The smallest absolute Gasteiger partial charge is 0.313 e. The fraction of sp³-hybridized carbons (Fsp3) is 0.600. The number of nitrogens with two attached hydrogens (primary N) is 1. The molecule has 15 heteroatoms. The van der Waals surface area contributed by atoms with Crippen molar-refractivity contribution in [1.29, 1.82) is 0 Å². The van der Waals surface area contributed by atoms with E-state index >= 15 is 0 Å². The third-order valence-electron chi connectivity index (χ3n) is 8.01. The van der Waals surface area contributed by atoms with Gasteiger partial charge in [0.1, 0.15) is 0 Å². The SMILES string of the molecule is Cc1cn(COC(=O)C23CC(COCCCO[N+](=O)[O-])(C2)C3)c(=O)c2cccc(S(=O)(=O)N3CC[C@H](N)C3)c12.Cl. The lowest BCUT2D eigenvalue weighted by molar-refractivity contribution is -0.757. The van der Waals surface area contributed by atoms with E-state index in [9.17, 15) is 28.1 Å². The number of esters is 1. The van der Waals surface area contributed by atoms with Gasteiger partial charge < -0.3 is 20.0 Å². The van der Waals surface area contributed by atoms with Crippen LogP contribution in [-0.2, 0) is 35.9 Å². The predicted octanol–water partition coefficient (Wildman–Crippen LogP) is 1.74. The number of carbonyl (C=O) groups excluding carboxylic acids is 1. The zero-order valence-corrected chi connectivity index (χ0v) is 23.7. The number of benzene rings is 1. The van der Waals surface area contributed by atoms with Crippen LogP contribution in [0.5, 0.6) is 0 Å². The van der Waals surface area contributed by atoms with E-state index in [0.29, 0.717) is 62.8 Å². The zero-order valence-electron chi connectivity index (χ0n) is 22.1. The molecule has 13 nitrogen and oxygen atoms in total. The molecule has 0 amide bonds. The first kappa shape index (κ1) is 30.2. The summed E-state index contributed by atoms with van der Waals surface area (Å²) in [5.41, 5.74) is 5.42. The monoisotopic (exact) mass is 600 g/mol. The van der Waals surface area contributed by atoms with Gasteiger partial charge in [0.25, 0.3) is 10.6 Å². The Labute approximate surface area is 237 Å². The van der Waals surface area contributed by atoms with E-state index in [4.69, 9.17) is 15.2 Å². The second-order valence-electron chi connectivity index (χ2n) is 11.0. The van der Waals surface area contributed by atoms with Crippen LogP contribution in [0.15, 0.2) is 34.1 Å². The Bertz CT molecular complexity index is 1460. The molecule has 6 rings (SSSR count). The zero-order chi connectivity index (χ0) is 28.0. The summed E-state index contributed by atoms with van der Waals surface area (Å²) in [6.07, 6.45) is 4.42. The number of aryl methyl sites for hydroxylation is 1. The fourth-order valence-electron chi connectivity index (χ4n) is 6.29. The summed E-state index contributed by atoms with van der Waals surface area (Å²) < 4.78 is 40.4. The van der Waals surface area contributed by atoms with Crippen LogP contribution < -0.4 is 11.3 Å². The average Bonchev–Trinajstić information content (AvgIpc) is 3.29. The van der Waals surface area contributed by atoms with Gasteiger partial charge in [-0.25, -0.2) is 8.42 Å². The maximum atomic E-state index is 13.3. The van der Waals surface area contributed by atoms with Crippen LogP contribution in [0, 0.1) is 27.9 Å². The number of rotatable bonds is 12. The minimum Gasteiger partial charge on any atom is -0.443 e. The highest BCUT2D eigenvalue weighted by Gasteiger charge is 2.72. The molecule has 3 aliphatic carbocycles. The first-order chi connectivity index (χ1) is 18.5. The van der Waals surface area contributed by atoms with E-state index in [-0.39, 0.29) is 60.0 Å². The number of ether oxygens (including phenoxy) is 2. The minimum atomic E-state index is -3.83. The summed E-state index contributed by atoms with van der Waals surface area (Å²) in [7, 11) is -3.83. The summed E-state index contributed by atoms with van der Waals surface area (Å²) in [4.78, 5) is 40.6. The molecule has 1 atom stereocenters. The molecule has 2 heterocycles. The van der Waals surface area contributed by atoms with Gasteiger partial charge in [0.2, 0.25) is 10.0 Å². The maximum Gasteiger partial charge on any atom is 0.313 e. The number of fused-ring (bicyclic) bond motifs is 1. The molecule has 1 aromatic heterocycles. The van der Waals surface area contributed by atoms with Crippen molar-refractivity contribution < 1.29 is 32.6 Å². The molecular formula is C25H33ClN4O9S. The Balaban J connectivity index is 0.00000370. The highest BCUT2D eigenvalue weighted by molar-refractivity contribution is 7.89.